The molecule has 1 aliphatic rings. The van der Waals surface area contributed by atoms with Crippen molar-refractivity contribution in [1.29, 1.82) is 0 Å². The molecule has 7 nitrogen and oxygen atoms in total. The zero-order valence-electron chi connectivity index (χ0n) is 11.6. The minimum Gasteiger partial charge on any atom is -0.338 e. The maximum atomic E-state index is 12.0. The highest BCUT2D eigenvalue weighted by molar-refractivity contribution is 7.87. The molecule has 0 saturated heterocycles. The third kappa shape index (κ3) is 3.31. The van der Waals surface area contributed by atoms with Gasteiger partial charge in [0.1, 0.15) is 0 Å². The van der Waals surface area contributed by atoms with Crippen molar-refractivity contribution >= 4 is 10.2 Å². The largest absolute Gasteiger partial charge is 0.338 e. The summed E-state index contributed by atoms with van der Waals surface area (Å²) in [5.74, 6) is 1.38. The Morgan fingerprint density at radius 3 is 2.53 bits per heavy atom. The van der Waals surface area contributed by atoms with Gasteiger partial charge in [-0.2, -0.15) is 22.4 Å². The van der Waals surface area contributed by atoms with Gasteiger partial charge >= 0.3 is 0 Å². The van der Waals surface area contributed by atoms with Gasteiger partial charge in [-0.3, -0.25) is 0 Å². The lowest BCUT2D eigenvalue weighted by Gasteiger charge is -2.22. The smallest absolute Gasteiger partial charge is 0.280 e. The maximum Gasteiger partial charge on any atom is 0.280 e. The van der Waals surface area contributed by atoms with E-state index in [2.05, 4.69) is 14.9 Å². The molecule has 1 saturated carbocycles. The van der Waals surface area contributed by atoms with Gasteiger partial charge in [-0.1, -0.05) is 5.16 Å². The summed E-state index contributed by atoms with van der Waals surface area (Å²) in [6.45, 7) is 5.31. The standard InChI is InChI=1S/C11H20N4O3S/c1-7(2)15(4)19(16,17)14-8(3)11-12-10(13-18-11)9-5-6-9/h7-9,14H,5-6H2,1-4H3/t8-/m0/s1. The minimum atomic E-state index is -3.55. The van der Waals surface area contributed by atoms with E-state index in [-0.39, 0.29) is 6.04 Å². The molecule has 1 N–H and O–H groups in total. The van der Waals surface area contributed by atoms with Crippen LogP contribution in [0, 0.1) is 0 Å². The highest BCUT2D eigenvalue weighted by atomic mass is 32.2. The number of nitrogens with zero attached hydrogens (tertiary/aromatic N) is 3. The highest BCUT2D eigenvalue weighted by Crippen LogP contribution is 2.38. The van der Waals surface area contributed by atoms with Gasteiger partial charge in [-0.15, -0.1) is 0 Å². The average Bonchev–Trinajstić information content (AvgIpc) is 3.05. The lowest BCUT2D eigenvalue weighted by Crippen LogP contribution is -2.42. The normalized spacial score (nSPS) is 18.2. The first-order valence-corrected chi connectivity index (χ1v) is 7.84. The Balaban J connectivity index is 2.05. The zero-order chi connectivity index (χ0) is 14.2. The lowest BCUT2D eigenvalue weighted by molar-refractivity contribution is 0.342. The van der Waals surface area contributed by atoms with E-state index in [0.29, 0.717) is 17.6 Å². The number of hydrogen-bond acceptors (Lipinski definition) is 5. The summed E-state index contributed by atoms with van der Waals surface area (Å²) in [6, 6.07) is -0.652. The third-order valence-electron chi connectivity index (χ3n) is 3.20. The molecule has 2 rings (SSSR count). The molecular weight excluding hydrogens is 268 g/mol. The van der Waals surface area contributed by atoms with Crippen molar-refractivity contribution in [3.63, 3.8) is 0 Å². The van der Waals surface area contributed by atoms with Crippen molar-refractivity contribution in [3.05, 3.63) is 11.7 Å². The predicted octanol–water partition coefficient (Wildman–Crippen LogP) is 1.18. The van der Waals surface area contributed by atoms with Crippen LogP contribution in [-0.2, 0) is 10.2 Å². The molecule has 108 valence electrons. The van der Waals surface area contributed by atoms with Gasteiger partial charge in [0.15, 0.2) is 5.82 Å². The van der Waals surface area contributed by atoms with Crippen LogP contribution < -0.4 is 4.72 Å². The van der Waals surface area contributed by atoms with E-state index in [9.17, 15) is 8.42 Å². The maximum absolute atomic E-state index is 12.0. The molecule has 1 aromatic rings. The predicted molar refractivity (Wildman–Crippen MR) is 69.6 cm³/mol. The molecule has 1 aromatic heterocycles. The van der Waals surface area contributed by atoms with Gasteiger partial charge in [-0.25, -0.2) is 0 Å². The number of hydrogen-bond donors (Lipinski definition) is 1. The summed E-state index contributed by atoms with van der Waals surface area (Å²) >= 11 is 0. The summed E-state index contributed by atoms with van der Waals surface area (Å²) < 4.78 is 33.0. The SMILES string of the molecule is CC(C)N(C)S(=O)(=O)N[C@@H](C)c1nc(C2CC2)no1. The molecule has 19 heavy (non-hydrogen) atoms. The quantitative estimate of drug-likeness (QED) is 0.849. The molecule has 0 spiro atoms. The Morgan fingerprint density at radius 1 is 1.37 bits per heavy atom. The van der Waals surface area contributed by atoms with Gasteiger partial charge < -0.3 is 4.52 Å². The van der Waals surface area contributed by atoms with Crippen LogP contribution in [0.3, 0.4) is 0 Å². The van der Waals surface area contributed by atoms with Crippen molar-refractivity contribution in [1.82, 2.24) is 19.2 Å². The van der Waals surface area contributed by atoms with Crippen LogP contribution in [0.15, 0.2) is 4.52 Å². The Morgan fingerprint density at radius 2 is 2.00 bits per heavy atom. The Hall–Kier alpha value is -0.990. The molecule has 0 aliphatic heterocycles. The van der Waals surface area contributed by atoms with E-state index < -0.39 is 16.3 Å². The molecule has 0 bridgehead atoms. The molecule has 0 radical (unpaired) electrons. The van der Waals surface area contributed by atoms with E-state index >= 15 is 0 Å². The fourth-order valence-corrected chi connectivity index (χ4v) is 2.83. The summed E-state index contributed by atoms with van der Waals surface area (Å²) in [5, 5.41) is 3.87. The monoisotopic (exact) mass is 288 g/mol. The zero-order valence-corrected chi connectivity index (χ0v) is 12.4. The minimum absolute atomic E-state index is 0.116. The molecule has 1 atom stereocenters. The third-order valence-corrected chi connectivity index (χ3v) is 5.03. The Kier molecular flexibility index (Phi) is 3.93. The first-order chi connectivity index (χ1) is 8.81. The molecule has 0 aromatic carbocycles. The van der Waals surface area contributed by atoms with E-state index in [1.165, 1.54) is 11.4 Å². The van der Waals surface area contributed by atoms with Crippen molar-refractivity contribution in [3.8, 4) is 0 Å². The molecule has 8 heteroatoms. The highest BCUT2D eigenvalue weighted by Gasteiger charge is 2.31. The van der Waals surface area contributed by atoms with Gasteiger partial charge in [0.25, 0.3) is 10.2 Å². The van der Waals surface area contributed by atoms with Crippen LogP contribution in [0.5, 0.6) is 0 Å². The van der Waals surface area contributed by atoms with Crippen molar-refractivity contribution in [2.24, 2.45) is 0 Å². The topological polar surface area (TPSA) is 88.3 Å². The van der Waals surface area contributed by atoms with Crippen LogP contribution in [0.1, 0.15) is 57.3 Å². The van der Waals surface area contributed by atoms with E-state index in [1.54, 1.807) is 6.92 Å². The lowest BCUT2D eigenvalue weighted by atomic mass is 10.3. The van der Waals surface area contributed by atoms with Gasteiger partial charge in [0.05, 0.1) is 6.04 Å². The summed E-state index contributed by atoms with van der Waals surface area (Å²) in [5.41, 5.74) is 0. The van der Waals surface area contributed by atoms with Gasteiger partial charge in [-0.05, 0) is 33.6 Å². The first-order valence-electron chi connectivity index (χ1n) is 6.40. The summed E-state index contributed by atoms with van der Waals surface area (Å²) in [7, 11) is -2.02. The van der Waals surface area contributed by atoms with Crippen LogP contribution in [0.2, 0.25) is 0 Å². The summed E-state index contributed by atoms with van der Waals surface area (Å²) in [4.78, 5) is 4.24. The Bertz CT molecular complexity index is 536. The van der Waals surface area contributed by atoms with Crippen molar-refractivity contribution in [2.45, 2.75) is 51.6 Å². The van der Waals surface area contributed by atoms with E-state index in [1.807, 2.05) is 13.8 Å². The number of rotatable bonds is 6. The molecule has 0 unspecified atom stereocenters. The molecule has 1 aliphatic carbocycles. The average molecular weight is 288 g/mol. The number of aromatic nitrogens is 2. The van der Waals surface area contributed by atoms with Crippen LogP contribution >= 0.6 is 0 Å². The van der Waals surface area contributed by atoms with Crippen LogP contribution in [0.4, 0.5) is 0 Å². The van der Waals surface area contributed by atoms with Crippen molar-refractivity contribution in [2.75, 3.05) is 7.05 Å². The number of nitrogens with one attached hydrogen (secondary N) is 1. The fourth-order valence-electron chi connectivity index (χ4n) is 1.56. The van der Waals surface area contributed by atoms with Crippen molar-refractivity contribution < 1.29 is 12.9 Å². The second-order valence-electron chi connectivity index (χ2n) is 5.22. The second-order valence-corrected chi connectivity index (χ2v) is 6.98. The van der Waals surface area contributed by atoms with E-state index in [0.717, 1.165) is 12.8 Å². The fraction of sp³-hybridized carbons (Fsp3) is 0.818. The second kappa shape index (κ2) is 5.18. The molecule has 1 heterocycles. The van der Waals surface area contributed by atoms with Crippen LogP contribution in [0.25, 0.3) is 0 Å². The molecule has 0 amide bonds. The Labute approximate surface area is 113 Å². The van der Waals surface area contributed by atoms with Gasteiger partial charge in [0, 0.05) is 19.0 Å². The van der Waals surface area contributed by atoms with Crippen LogP contribution in [-0.4, -0.2) is 36.0 Å². The summed E-state index contributed by atoms with van der Waals surface area (Å²) in [6.07, 6.45) is 2.16. The van der Waals surface area contributed by atoms with E-state index in [4.69, 9.17) is 4.52 Å². The molecular formula is C11H20N4O3S. The first kappa shape index (κ1) is 14.4. The molecule has 1 fully saturated rings. The van der Waals surface area contributed by atoms with Gasteiger partial charge in [0.2, 0.25) is 5.89 Å².